The van der Waals surface area contributed by atoms with Gasteiger partial charge in [0, 0.05) is 15.4 Å². The minimum atomic E-state index is 0.0167. The number of amides is 1. The molecule has 0 heterocycles. The topological polar surface area (TPSA) is 29.1 Å². The fourth-order valence-electron chi connectivity index (χ4n) is 0.829. The lowest BCUT2D eigenvalue weighted by Gasteiger charge is -2.05. The molecule has 1 N–H and O–H groups in total. The smallest absolute Gasteiger partial charge is 0.224 e. The first-order chi connectivity index (χ1) is 6.13. The summed E-state index contributed by atoms with van der Waals surface area (Å²) in [6.07, 6.45) is 0.489. The van der Waals surface area contributed by atoms with Gasteiger partial charge in [-0.1, -0.05) is 22.9 Å². The van der Waals surface area contributed by atoms with E-state index in [9.17, 15) is 4.79 Å². The van der Waals surface area contributed by atoms with E-state index in [-0.39, 0.29) is 5.91 Å². The molecule has 0 aliphatic carbocycles. The van der Waals surface area contributed by atoms with Crippen molar-refractivity contribution in [2.45, 2.75) is 13.3 Å². The molecule has 1 aromatic carbocycles. The van der Waals surface area contributed by atoms with E-state index in [1.54, 1.807) is 0 Å². The van der Waals surface area contributed by atoms with Crippen molar-refractivity contribution in [2.24, 2.45) is 0 Å². The summed E-state index contributed by atoms with van der Waals surface area (Å²) in [5, 5.41) is 2.78. The number of hydrogen-bond acceptors (Lipinski definition) is 1. The van der Waals surface area contributed by atoms with Crippen LogP contribution in [0.1, 0.15) is 13.3 Å². The maximum atomic E-state index is 11.1. The van der Waals surface area contributed by atoms with Gasteiger partial charge in [0.1, 0.15) is 0 Å². The number of anilines is 1. The molecular weight excluding hydrogens is 298 g/mol. The highest BCUT2D eigenvalue weighted by atomic mass is 79.9. The van der Waals surface area contributed by atoms with Crippen molar-refractivity contribution in [2.75, 3.05) is 5.32 Å². The summed E-state index contributed by atoms with van der Waals surface area (Å²) in [4.78, 5) is 11.1. The van der Waals surface area contributed by atoms with Crippen molar-refractivity contribution in [1.29, 1.82) is 0 Å². The Bertz CT molecular complexity index is 325. The Morgan fingerprint density at radius 3 is 2.69 bits per heavy atom. The second-order valence-corrected chi connectivity index (χ2v) is 4.30. The average Bonchev–Trinajstić information content (AvgIpc) is 2.09. The molecule has 0 aromatic heterocycles. The molecule has 0 bridgehead atoms. The van der Waals surface area contributed by atoms with Gasteiger partial charge in [-0.05, 0) is 34.1 Å². The molecule has 0 saturated heterocycles. The van der Waals surface area contributed by atoms with Crippen LogP contribution in [0.25, 0.3) is 0 Å². The molecule has 0 saturated carbocycles. The van der Waals surface area contributed by atoms with Gasteiger partial charge in [0.05, 0.1) is 5.69 Å². The fourth-order valence-corrected chi connectivity index (χ4v) is 1.98. The van der Waals surface area contributed by atoms with Crippen LogP contribution < -0.4 is 5.32 Å². The van der Waals surface area contributed by atoms with Gasteiger partial charge in [0.2, 0.25) is 5.91 Å². The van der Waals surface area contributed by atoms with Crippen LogP contribution in [0, 0.1) is 0 Å². The molecule has 1 aromatic rings. The number of benzene rings is 1. The zero-order valence-electron chi connectivity index (χ0n) is 7.10. The van der Waals surface area contributed by atoms with Gasteiger partial charge in [0.25, 0.3) is 0 Å². The molecule has 70 valence electrons. The van der Waals surface area contributed by atoms with E-state index in [2.05, 4.69) is 37.2 Å². The van der Waals surface area contributed by atoms with E-state index in [1.165, 1.54) is 0 Å². The summed E-state index contributed by atoms with van der Waals surface area (Å²) in [6, 6.07) is 5.63. The van der Waals surface area contributed by atoms with Gasteiger partial charge in [-0.3, -0.25) is 4.79 Å². The quantitative estimate of drug-likeness (QED) is 0.889. The second-order valence-electron chi connectivity index (χ2n) is 2.53. The first-order valence-electron chi connectivity index (χ1n) is 3.88. The van der Waals surface area contributed by atoms with E-state index in [4.69, 9.17) is 0 Å². The van der Waals surface area contributed by atoms with Gasteiger partial charge in [0.15, 0.2) is 0 Å². The van der Waals surface area contributed by atoms with Crippen molar-refractivity contribution in [3.05, 3.63) is 27.1 Å². The highest BCUT2D eigenvalue weighted by Crippen LogP contribution is 2.26. The van der Waals surface area contributed by atoms with E-state index < -0.39 is 0 Å². The Labute approximate surface area is 94.0 Å². The van der Waals surface area contributed by atoms with E-state index in [0.29, 0.717) is 6.42 Å². The minimum Gasteiger partial charge on any atom is -0.325 e. The molecule has 0 unspecified atom stereocenters. The lowest BCUT2D eigenvalue weighted by atomic mass is 10.3. The van der Waals surface area contributed by atoms with Crippen LogP contribution in [0.4, 0.5) is 5.69 Å². The van der Waals surface area contributed by atoms with Crippen molar-refractivity contribution in [1.82, 2.24) is 0 Å². The maximum absolute atomic E-state index is 11.1. The zero-order valence-corrected chi connectivity index (χ0v) is 10.3. The first kappa shape index (κ1) is 10.7. The summed E-state index contributed by atoms with van der Waals surface area (Å²) < 4.78 is 1.86. The average molecular weight is 307 g/mol. The van der Waals surface area contributed by atoms with E-state index >= 15 is 0 Å². The molecule has 0 aliphatic heterocycles. The van der Waals surface area contributed by atoms with Gasteiger partial charge in [-0.15, -0.1) is 0 Å². The highest BCUT2D eigenvalue weighted by Gasteiger charge is 2.02. The first-order valence-corrected chi connectivity index (χ1v) is 5.47. The Balaban J connectivity index is 2.83. The molecule has 13 heavy (non-hydrogen) atoms. The Morgan fingerprint density at radius 1 is 1.46 bits per heavy atom. The summed E-state index contributed by atoms with van der Waals surface area (Å²) in [6.45, 7) is 1.82. The Hall–Kier alpha value is -0.350. The normalized spacial score (nSPS) is 9.77. The Kier molecular flexibility index (Phi) is 3.93. The van der Waals surface area contributed by atoms with Gasteiger partial charge < -0.3 is 5.32 Å². The van der Waals surface area contributed by atoms with Crippen molar-refractivity contribution >= 4 is 43.5 Å². The zero-order chi connectivity index (χ0) is 9.84. The summed E-state index contributed by atoms with van der Waals surface area (Å²) in [7, 11) is 0. The van der Waals surface area contributed by atoms with Gasteiger partial charge in [-0.25, -0.2) is 0 Å². The van der Waals surface area contributed by atoms with Crippen LogP contribution in [-0.2, 0) is 4.79 Å². The third kappa shape index (κ3) is 3.12. The molecule has 0 fully saturated rings. The second kappa shape index (κ2) is 4.77. The largest absolute Gasteiger partial charge is 0.325 e. The van der Waals surface area contributed by atoms with Crippen molar-refractivity contribution < 1.29 is 4.79 Å². The molecule has 4 heteroatoms. The number of nitrogens with one attached hydrogen (secondary N) is 1. The molecule has 0 spiro atoms. The molecule has 0 atom stereocenters. The highest BCUT2D eigenvalue weighted by molar-refractivity contribution is 9.11. The molecule has 1 amide bonds. The van der Waals surface area contributed by atoms with Crippen molar-refractivity contribution in [3.63, 3.8) is 0 Å². The van der Waals surface area contributed by atoms with E-state index in [0.717, 1.165) is 14.6 Å². The lowest BCUT2D eigenvalue weighted by Crippen LogP contribution is -2.09. The van der Waals surface area contributed by atoms with Crippen LogP contribution in [-0.4, -0.2) is 5.91 Å². The Morgan fingerprint density at radius 2 is 2.15 bits per heavy atom. The van der Waals surface area contributed by atoms with Crippen LogP contribution in [0.3, 0.4) is 0 Å². The number of carbonyl (C=O) groups is 1. The van der Waals surface area contributed by atoms with Crippen LogP contribution >= 0.6 is 31.9 Å². The monoisotopic (exact) mass is 305 g/mol. The predicted molar refractivity (Wildman–Crippen MR) is 60.8 cm³/mol. The van der Waals surface area contributed by atoms with Crippen LogP contribution in [0.15, 0.2) is 27.1 Å². The number of rotatable bonds is 2. The number of halogens is 2. The van der Waals surface area contributed by atoms with Gasteiger partial charge in [-0.2, -0.15) is 0 Å². The summed E-state index contributed by atoms with van der Waals surface area (Å²) in [5.74, 6) is 0.0167. The molecule has 2 nitrogen and oxygen atoms in total. The van der Waals surface area contributed by atoms with Crippen LogP contribution in [0.5, 0.6) is 0 Å². The van der Waals surface area contributed by atoms with Crippen molar-refractivity contribution in [3.8, 4) is 0 Å². The van der Waals surface area contributed by atoms with Gasteiger partial charge >= 0.3 is 0 Å². The standard InChI is InChI=1S/C9H9Br2NO/c1-2-9(13)12-8-4-3-6(10)5-7(8)11/h3-5H,2H2,1H3,(H,12,13). The lowest BCUT2D eigenvalue weighted by molar-refractivity contribution is -0.115. The van der Waals surface area contributed by atoms with Crippen LogP contribution in [0.2, 0.25) is 0 Å². The third-order valence-corrected chi connectivity index (χ3v) is 2.68. The summed E-state index contributed by atoms with van der Waals surface area (Å²) >= 11 is 6.70. The summed E-state index contributed by atoms with van der Waals surface area (Å²) in [5.41, 5.74) is 0.801. The minimum absolute atomic E-state index is 0.0167. The SMILES string of the molecule is CCC(=O)Nc1ccc(Br)cc1Br. The number of carbonyl (C=O) groups excluding carboxylic acids is 1. The predicted octanol–water partition coefficient (Wildman–Crippen LogP) is 3.56. The third-order valence-electron chi connectivity index (χ3n) is 1.53. The number of hydrogen-bond donors (Lipinski definition) is 1. The fraction of sp³-hybridized carbons (Fsp3) is 0.222. The molecule has 1 rings (SSSR count). The maximum Gasteiger partial charge on any atom is 0.224 e. The molecule has 0 aliphatic rings. The molecule has 0 radical (unpaired) electrons. The molecular formula is C9H9Br2NO. The van der Waals surface area contributed by atoms with E-state index in [1.807, 2.05) is 25.1 Å².